The normalized spacial score (nSPS) is 25.7. The van der Waals surface area contributed by atoms with Crippen molar-refractivity contribution in [3.63, 3.8) is 0 Å². The molecule has 1 fully saturated rings. The Balaban J connectivity index is 2.07. The summed E-state index contributed by atoms with van der Waals surface area (Å²) in [6.07, 6.45) is 5.34. The van der Waals surface area contributed by atoms with Crippen LogP contribution >= 0.6 is 0 Å². The van der Waals surface area contributed by atoms with Crippen LogP contribution in [0.5, 0.6) is 0 Å². The molecule has 1 aliphatic rings. The van der Waals surface area contributed by atoms with E-state index in [0.29, 0.717) is 6.42 Å². The molecule has 14 heavy (non-hydrogen) atoms. The molecule has 76 valence electrons. The molecule has 1 aromatic rings. The molecule has 4 heteroatoms. The summed E-state index contributed by atoms with van der Waals surface area (Å²) in [4.78, 5) is 13.5. The van der Waals surface area contributed by atoms with Crippen molar-refractivity contribution in [2.24, 2.45) is 0 Å². The molecular formula is C10H13NO3. The number of H-pyrrole nitrogens is 1. The first kappa shape index (κ1) is 9.27. The van der Waals surface area contributed by atoms with Crippen LogP contribution in [-0.2, 0) is 15.1 Å². The van der Waals surface area contributed by atoms with Crippen molar-refractivity contribution in [2.75, 3.05) is 6.61 Å². The van der Waals surface area contributed by atoms with Crippen molar-refractivity contribution >= 4 is 5.97 Å². The van der Waals surface area contributed by atoms with Gasteiger partial charge in [-0.1, -0.05) is 0 Å². The monoisotopic (exact) mass is 195 g/mol. The van der Waals surface area contributed by atoms with Gasteiger partial charge in [-0.2, -0.15) is 0 Å². The van der Waals surface area contributed by atoms with Crippen molar-refractivity contribution in [1.82, 2.24) is 4.98 Å². The highest BCUT2D eigenvalue weighted by Crippen LogP contribution is 2.41. The Morgan fingerprint density at radius 3 is 2.93 bits per heavy atom. The molecule has 1 aromatic heterocycles. The first-order valence-corrected chi connectivity index (χ1v) is 4.72. The number of nitrogens with one attached hydrogen (secondary N) is 1. The number of hydrogen-bond acceptors (Lipinski definition) is 2. The van der Waals surface area contributed by atoms with Gasteiger partial charge >= 0.3 is 5.97 Å². The van der Waals surface area contributed by atoms with Crippen LogP contribution in [-0.4, -0.2) is 22.7 Å². The van der Waals surface area contributed by atoms with E-state index in [4.69, 9.17) is 9.84 Å². The number of carboxylic acid groups (broad SMARTS) is 1. The number of aliphatic carboxylic acids is 1. The summed E-state index contributed by atoms with van der Waals surface area (Å²) in [5.74, 6) is -0.768. The third kappa shape index (κ3) is 1.53. The number of hydrogen-bond donors (Lipinski definition) is 2. The Labute approximate surface area is 81.9 Å². The zero-order valence-electron chi connectivity index (χ0n) is 7.82. The summed E-state index contributed by atoms with van der Waals surface area (Å²) < 4.78 is 5.53. The second-order valence-electron chi connectivity index (χ2n) is 3.59. The van der Waals surface area contributed by atoms with Gasteiger partial charge in [-0.3, -0.25) is 4.79 Å². The fourth-order valence-corrected chi connectivity index (χ4v) is 1.83. The van der Waals surface area contributed by atoms with Crippen LogP contribution in [0.1, 0.15) is 24.8 Å². The van der Waals surface area contributed by atoms with Crippen LogP contribution < -0.4 is 0 Å². The molecule has 0 spiro atoms. The van der Waals surface area contributed by atoms with E-state index in [-0.39, 0.29) is 12.0 Å². The maximum atomic E-state index is 10.5. The lowest BCUT2D eigenvalue weighted by Crippen LogP contribution is -2.40. The SMILES string of the molecule is O=C(O)CCC1(c2cc[nH]c2)CCO1. The van der Waals surface area contributed by atoms with E-state index in [0.717, 1.165) is 18.6 Å². The van der Waals surface area contributed by atoms with Crippen molar-refractivity contribution < 1.29 is 14.6 Å². The lowest BCUT2D eigenvalue weighted by molar-refractivity contribution is -0.165. The van der Waals surface area contributed by atoms with Gasteiger partial charge in [-0.15, -0.1) is 0 Å². The van der Waals surface area contributed by atoms with Crippen molar-refractivity contribution in [3.8, 4) is 0 Å². The van der Waals surface area contributed by atoms with E-state index in [2.05, 4.69) is 4.98 Å². The average Bonchev–Trinajstić information content (AvgIpc) is 2.55. The molecule has 1 saturated heterocycles. The van der Waals surface area contributed by atoms with Crippen LogP contribution in [0.15, 0.2) is 18.5 Å². The van der Waals surface area contributed by atoms with Gasteiger partial charge in [-0.05, 0) is 12.5 Å². The molecule has 2 heterocycles. The summed E-state index contributed by atoms with van der Waals surface area (Å²) >= 11 is 0. The Hall–Kier alpha value is -1.29. The van der Waals surface area contributed by atoms with Crippen LogP contribution in [0.4, 0.5) is 0 Å². The minimum atomic E-state index is -0.768. The van der Waals surface area contributed by atoms with Crippen molar-refractivity contribution in [1.29, 1.82) is 0 Å². The Morgan fingerprint density at radius 1 is 1.71 bits per heavy atom. The third-order valence-electron chi connectivity index (χ3n) is 2.75. The lowest BCUT2D eigenvalue weighted by atomic mass is 9.84. The maximum absolute atomic E-state index is 10.5. The molecule has 0 aromatic carbocycles. The first-order chi connectivity index (χ1) is 6.73. The fraction of sp³-hybridized carbons (Fsp3) is 0.500. The Kier molecular flexibility index (Phi) is 2.29. The van der Waals surface area contributed by atoms with Gasteiger partial charge in [0.25, 0.3) is 0 Å². The van der Waals surface area contributed by atoms with E-state index in [1.165, 1.54) is 0 Å². The van der Waals surface area contributed by atoms with Gasteiger partial charge in [0.15, 0.2) is 0 Å². The number of aromatic amines is 1. The van der Waals surface area contributed by atoms with Crippen LogP contribution in [0.3, 0.4) is 0 Å². The van der Waals surface area contributed by atoms with Crippen molar-refractivity contribution in [2.45, 2.75) is 24.9 Å². The molecule has 1 aliphatic heterocycles. The smallest absolute Gasteiger partial charge is 0.303 e. The number of carbonyl (C=O) groups is 1. The molecule has 2 N–H and O–H groups in total. The van der Waals surface area contributed by atoms with E-state index in [1.54, 1.807) is 0 Å². The van der Waals surface area contributed by atoms with Gasteiger partial charge in [-0.25, -0.2) is 0 Å². The summed E-state index contributed by atoms with van der Waals surface area (Å²) in [5, 5.41) is 8.63. The summed E-state index contributed by atoms with van der Waals surface area (Å²) in [5.41, 5.74) is 0.725. The van der Waals surface area contributed by atoms with Gasteiger partial charge in [0.05, 0.1) is 12.2 Å². The Bertz CT molecular complexity index is 314. The molecule has 0 bridgehead atoms. The van der Waals surface area contributed by atoms with Gasteiger partial charge < -0.3 is 14.8 Å². The van der Waals surface area contributed by atoms with E-state index in [1.807, 2.05) is 18.5 Å². The minimum absolute atomic E-state index is 0.158. The third-order valence-corrected chi connectivity index (χ3v) is 2.75. The zero-order valence-corrected chi connectivity index (χ0v) is 7.82. The van der Waals surface area contributed by atoms with Crippen molar-refractivity contribution in [3.05, 3.63) is 24.0 Å². The second kappa shape index (κ2) is 3.46. The maximum Gasteiger partial charge on any atom is 0.303 e. The lowest BCUT2D eigenvalue weighted by Gasteiger charge is -2.41. The van der Waals surface area contributed by atoms with Gasteiger partial charge in [0.2, 0.25) is 0 Å². The zero-order chi connectivity index (χ0) is 10.0. The standard InChI is InChI=1S/C10H13NO3/c12-9(13)1-3-10(4-6-14-10)8-2-5-11-7-8/h2,5,7,11H,1,3-4,6H2,(H,12,13). The first-order valence-electron chi connectivity index (χ1n) is 4.72. The van der Waals surface area contributed by atoms with Crippen LogP contribution in [0.25, 0.3) is 0 Å². The molecule has 0 amide bonds. The second-order valence-corrected chi connectivity index (χ2v) is 3.59. The predicted octanol–water partition coefficient (Wildman–Crippen LogP) is 1.50. The molecule has 1 unspecified atom stereocenters. The molecule has 2 rings (SSSR count). The molecule has 0 aliphatic carbocycles. The fourth-order valence-electron chi connectivity index (χ4n) is 1.83. The largest absolute Gasteiger partial charge is 0.481 e. The average molecular weight is 195 g/mol. The molecule has 0 saturated carbocycles. The highest BCUT2D eigenvalue weighted by molar-refractivity contribution is 5.66. The highest BCUT2D eigenvalue weighted by Gasteiger charge is 2.40. The van der Waals surface area contributed by atoms with Gasteiger partial charge in [0.1, 0.15) is 0 Å². The number of aromatic nitrogens is 1. The molecular weight excluding hydrogens is 182 g/mol. The Morgan fingerprint density at radius 2 is 2.50 bits per heavy atom. The summed E-state index contributed by atoms with van der Waals surface area (Å²) in [7, 11) is 0. The van der Waals surface area contributed by atoms with Crippen LogP contribution in [0.2, 0.25) is 0 Å². The van der Waals surface area contributed by atoms with E-state index >= 15 is 0 Å². The number of carboxylic acids is 1. The van der Waals surface area contributed by atoms with Crippen LogP contribution in [0, 0.1) is 0 Å². The molecule has 4 nitrogen and oxygen atoms in total. The highest BCUT2D eigenvalue weighted by atomic mass is 16.5. The van der Waals surface area contributed by atoms with E-state index < -0.39 is 5.97 Å². The van der Waals surface area contributed by atoms with E-state index in [9.17, 15) is 4.79 Å². The topological polar surface area (TPSA) is 62.3 Å². The number of ether oxygens (including phenoxy) is 1. The summed E-state index contributed by atoms with van der Waals surface area (Å²) in [6, 6.07) is 1.95. The quantitative estimate of drug-likeness (QED) is 0.765. The predicted molar refractivity (Wildman–Crippen MR) is 49.9 cm³/mol. The number of rotatable bonds is 4. The summed E-state index contributed by atoms with van der Waals surface area (Å²) in [6.45, 7) is 0.727. The van der Waals surface area contributed by atoms with Gasteiger partial charge in [0, 0.05) is 30.8 Å². The molecule has 0 radical (unpaired) electrons. The minimum Gasteiger partial charge on any atom is -0.481 e. The molecule has 1 atom stereocenters.